The monoisotopic (exact) mass is 339 g/mol. The first-order valence-corrected chi connectivity index (χ1v) is 9.16. The van der Waals surface area contributed by atoms with Gasteiger partial charge in [-0.15, -0.1) is 10.2 Å². The molecule has 2 aliphatic rings. The number of hydrogen-bond donors (Lipinski definition) is 0. The van der Waals surface area contributed by atoms with Crippen molar-refractivity contribution in [2.45, 2.75) is 38.3 Å². The fraction of sp³-hybridized carbons (Fsp3) is 0.526. The minimum atomic E-state index is 0.199. The van der Waals surface area contributed by atoms with Crippen molar-refractivity contribution in [3.63, 3.8) is 0 Å². The van der Waals surface area contributed by atoms with Crippen molar-refractivity contribution in [3.8, 4) is 0 Å². The average Bonchev–Trinajstić information content (AvgIpc) is 3.15. The number of aromatic nitrogens is 3. The van der Waals surface area contributed by atoms with E-state index in [0.717, 1.165) is 56.2 Å². The Kier molecular flexibility index (Phi) is 4.53. The molecule has 2 aliphatic heterocycles. The standard InChI is InChI=1S/C19H25N5O/c1-22-10-5-8-16(22)19-21-20-17-9-11-23(12-13-24(17)19)18(25)14-15-6-3-2-4-7-15/h2-4,6-7,16H,5,8-14H2,1H3. The van der Waals surface area contributed by atoms with E-state index >= 15 is 0 Å². The number of hydrogen-bond acceptors (Lipinski definition) is 4. The highest BCUT2D eigenvalue weighted by Crippen LogP contribution is 2.30. The van der Waals surface area contributed by atoms with Crippen LogP contribution in [0.2, 0.25) is 0 Å². The van der Waals surface area contributed by atoms with Crippen LogP contribution >= 0.6 is 0 Å². The van der Waals surface area contributed by atoms with E-state index in [9.17, 15) is 4.79 Å². The maximum atomic E-state index is 12.7. The third kappa shape index (κ3) is 3.31. The molecule has 4 rings (SSSR count). The lowest BCUT2D eigenvalue weighted by molar-refractivity contribution is -0.130. The molecule has 1 saturated heterocycles. The average molecular weight is 339 g/mol. The van der Waals surface area contributed by atoms with Crippen molar-refractivity contribution in [2.24, 2.45) is 0 Å². The van der Waals surface area contributed by atoms with Gasteiger partial charge in [0, 0.05) is 26.1 Å². The Labute approximate surface area is 148 Å². The molecule has 1 atom stereocenters. The molecule has 0 aliphatic carbocycles. The molecule has 1 unspecified atom stereocenters. The fourth-order valence-electron chi connectivity index (χ4n) is 3.96. The molecule has 2 aromatic rings. The van der Waals surface area contributed by atoms with Gasteiger partial charge in [-0.3, -0.25) is 9.69 Å². The van der Waals surface area contributed by atoms with Gasteiger partial charge in [-0.25, -0.2) is 0 Å². The fourth-order valence-corrected chi connectivity index (χ4v) is 3.96. The third-order valence-electron chi connectivity index (χ3n) is 5.42. The van der Waals surface area contributed by atoms with Crippen LogP contribution in [0, 0.1) is 0 Å². The maximum absolute atomic E-state index is 12.7. The first-order valence-electron chi connectivity index (χ1n) is 9.16. The van der Waals surface area contributed by atoms with Crippen molar-refractivity contribution in [2.75, 3.05) is 26.7 Å². The normalized spacial score (nSPS) is 21.2. The Morgan fingerprint density at radius 3 is 2.72 bits per heavy atom. The molecule has 0 saturated carbocycles. The lowest BCUT2D eigenvalue weighted by Gasteiger charge is -2.22. The molecule has 6 heteroatoms. The lowest BCUT2D eigenvalue weighted by Crippen LogP contribution is -2.35. The third-order valence-corrected chi connectivity index (χ3v) is 5.42. The van der Waals surface area contributed by atoms with Gasteiger partial charge in [0.2, 0.25) is 5.91 Å². The lowest BCUT2D eigenvalue weighted by atomic mass is 10.1. The number of carbonyl (C=O) groups excluding carboxylic acids is 1. The second-order valence-corrected chi connectivity index (χ2v) is 7.06. The number of fused-ring (bicyclic) bond motifs is 1. The number of rotatable bonds is 3. The molecule has 1 fully saturated rings. The van der Waals surface area contributed by atoms with Gasteiger partial charge in [0.1, 0.15) is 11.6 Å². The summed E-state index contributed by atoms with van der Waals surface area (Å²) in [6.45, 7) is 3.38. The minimum Gasteiger partial charge on any atom is -0.340 e. The summed E-state index contributed by atoms with van der Waals surface area (Å²) in [4.78, 5) is 17.0. The molecule has 1 aromatic heterocycles. The highest BCUT2D eigenvalue weighted by atomic mass is 16.2. The number of carbonyl (C=O) groups is 1. The summed E-state index contributed by atoms with van der Waals surface area (Å²) in [6.07, 6.45) is 3.61. The largest absolute Gasteiger partial charge is 0.340 e. The van der Waals surface area contributed by atoms with Crippen molar-refractivity contribution in [1.82, 2.24) is 24.6 Å². The minimum absolute atomic E-state index is 0.199. The van der Waals surface area contributed by atoms with E-state index in [1.54, 1.807) is 0 Å². The highest BCUT2D eigenvalue weighted by molar-refractivity contribution is 5.78. The predicted octanol–water partition coefficient (Wildman–Crippen LogP) is 1.67. The van der Waals surface area contributed by atoms with Gasteiger partial charge in [0.15, 0.2) is 0 Å². The molecule has 1 aromatic carbocycles. The molecule has 6 nitrogen and oxygen atoms in total. The molecule has 25 heavy (non-hydrogen) atoms. The van der Waals surface area contributed by atoms with E-state index in [0.29, 0.717) is 12.5 Å². The molecule has 0 N–H and O–H groups in total. The van der Waals surface area contributed by atoms with Crippen molar-refractivity contribution < 1.29 is 4.79 Å². The topological polar surface area (TPSA) is 54.3 Å². The summed E-state index contributed by atoms with van der Waals surface area (Å²) in [6, 6.07) is 10.3. The van der Waals surface area contributed by atoms with Crippen LogP contribution in [0.4, 0.5) is 0 Å². The number of benzene rings is 1. The molecule has 0 bridgehead atoms. The van der Waals surface area contributed by atoms with Crippen LogP contribution in [0.3, 0.4) is 0 Å². The van der Waals surface area contributed by atoms with Gasteiger partial charge in [-0.1, -0.05) is 30.3 Å². The van der Waals surface area contributed by atoms with Crippen LogP contribution in [0.5, 0.6) is 0 Å². The summed E-state index contributed by atoms with van der Waals surface area (Å²) in [5, 5.41) is 8.90. The van der Waals surface area contributed by atoms with E-state index in [-0.39, 0.29) is 5.91 Å². The van der Waals surface area contributed by atoms with E-state index < -0.39 is 0 Å². The Balaban J connectivity index is 1.45. The molecule has 132 valence electrons. The molecule has 1 amide bonds. The van der Waals surface area contributed by atoms with Crippen molar-refractivity contribution in [3.05, 3.63) is 47.5 Å². The van der Waals surface area contributed by atoms with Crippen molar-refractivity contribution >= 4 is 5.91 Å². The SMILES string of the molecule is CN1CCCC1c1nnc2n1CCN(C(=O)Cc1ccccc1)CC2. The Morgan fingerprint density at radius 1 is 1.12 bits per heavy atom. The van der Waals surface area contributed by atoms with E-state index in [2.05, 4.69) is 26.7 Å². The van der Waals surface area contributed by atoms with Crippen LogP contribution in [-0.4, -0.2) is 57.2 Å². The summed E-state index contributed by atoms with van der Waals surface area (Å²) < 4.78 is 2.25. The van der Waals surface area contributed by atoms with E-state index in [1.807, 2.05) is 35.2 Å². The van der Waals surface area contributed by atoms with E-state index in [4.69, 9.17) is 0 Å². The Hall–Kier alpha value is -2.21. The van der Waals surface area contributed by atoms with Crippen LogP contribution in [0.25, 0.3) is 0 Å². The zero-order chi connectivity index (χ0) is 17.2. The second kappa shape index (κ2) is 6.96. The zero-order valence-electron chi connectivity index (χ0n) is 14.8. The summed E-state index contributed by atoms with van der Waals surface area (Å²) >= 11 is 0. The summed E-state index contributed by atoms with van der Waals surface area (Å²) in [5.74, 6) is 2.29. The molecule has 3 heterocycles. The molecular weight excluding hydrogens is 314 g/mol. The second-order valence-electron chi connectivity index (χ2n) is 7.06. The smallest absolute Gasteiger partial charge is 0.227 e. The van der Waals surface area contributed by atoms with Crippen LogP contribution in [0.1, 0.15) is 36.1 Å². The maximum Gasteiger partial charge on any atom is 0.227 e. The number of amides is 1. The van der Waals surface area contributed by atoms with Gasteiger partial charge in [0.25, 0.3) is 0 Å². The number of likely N-dealkylation sites (tertiary alicyclic amines) is 1. The highest BCUT2D eigenvalue weighted by Gasteiger charge is 2.30. The first kappa shape index (κ1) is 16.3. The Bertz CT molecular complexity index is 742. The summed E-state index contributed by atoms with van der Waals surface area (Å²) in [5.41, 5.74) is 1.07. The van der Waals surface area contributed by atoms with Crippen LogP contribution < -0.4 is 0 Å². The number of nitrogens with zero attached hydrogens (tertiary/aromatic N) is 5. The Morgan fingerprint density at radius 2 is 1.96 bits per heavy atom. The van der Waals surface area contributed by atoms with Crippen molar-refractivity contribution in [1.29, 1.82) is 0 Å². The van der Waals surface area contributed by atoms with Gasteiger partial charge < -0.3 is 9.47 Å². The quantitative estimate of drug-likeness (QED) is 0.854. The predicted molar refractivity (Wildman–Crippen MR) is 95.1 cm³/mol. The zero-order valence-corrected chi connectivity index (χ0v) is 14.8. The molecule has 0 spiro atoms. The van der Waals surface area contributed by atoms with Gasteiger partial charge in [-0.05, 0) is 32.0 Å². The summed E-state index contributed by atoms with van der Waals surface area (Å²) in [7, 11) is 2.16. The van der Waals surface area contributed by atoms with Crippen LogP contribution in [-0.2, 0) is 24.2 Å². The molecular formula is C19H25N5O. The van der Waals surface area contributed by atoms with E-state index in [1.165, 1.54) is 6.42 Å². The first-order chi connectivity index (χ1) is 12.2. The van der Waals surface area contributed by atoms with Gasteiger partial charge in [-0.2, -0.15) is 0 Å². The van der Waals surface area contributed by atoms with Gasteiger partial charge in [0.05, 0.1) is 12.5 Å². The molecule has 0 radical (unpaired) electrons. The van der Waals surface area contributed by atoms with Crippen LogP contribution in [0.15, 0.2) is 30.3 Å². The van der Waals surface area contributed by atoms with Gasteiger partial charge >= 0.3 is 0 Å².